The van der Waals surface area contributed by atoms with Crippen LogP contribution in [-0.2, 0) is 4.79 Å². The molecule has 2 heterocycles. The molecule has 3 rings (SSSR count). The highest BCUT2D eigenvalue weighted by Gasteiger charge is 2.27. The van der Waals surface area contributed by atoms with Gasteiger partial charge in [0.25, 0.3) is 0 Å². The van der Waals surface area contributed by atoms with E-state index in [4.69, 9.17) is 0 Å². The fourth-order valence-electron chi connectivity index (χ4n) is 2.77. The average Bonchev–Trinajstić information content (AvgIpc) is 2.96. The van der Waals surface area contributed by atoms with Crippen molar-refractivity contribution in [3.05, 3.63) is 36.0 Å². The van der Waals surface area contributed by atoms with E-state index in [1.54, 1.807) is 6.92 Å². The van der Waals surface area contributed by atoms with E-state index in [1.165, 1.54) is 10.9 Å². The number of rotatable bonds is 1. The highest BCUT2D eigenvalue weighted by atomic mass is 16.2. The van der Waals surface area contributed by atoms with Gasteiger partial charge in [0.15, 0.2) is 0 Å². The van der Waals surface area contributed by atoms with Gasteiger partial charge in [-0.3, -0.25) is 4.79 Å². The number of aromatic amines is 1. The third kappa shape index (κ3) is 1.71. The minimum absolute atomic E-state index is 0.182. The molecule has 1 unspecified atom stereocenters. The summed E-state index contributed by atoms with van der Waals surface area (Å²) in [6, 6.07) is 8.77. The van der Waals surface area contributed by atoms with E-state index in [1.807, 2.05) is 11.1 Å². The number of carbonyl (C=O) groups excluding carboxylic acids is 1. The van der Waals surface area contributed by atoms with Crippen molar-refractivity contribution in [2.45, 2.75) is 25.8 Å². The van der Waals surface area contributed by atoms with Crippen molar-refractivity contribution >= 4 is 16.8 Å². The monoisotopic (exact) mass is 228 g/mol. The lowest BCUT2D eigenvalue weighted by Crippen LogP contribution is -2.27. The van der Waals surface area contributed by atoms with Crippen LogP contribution in [0.15, 0.2) is 30.5 Å². The summed E-state index contributed by atoms with van der Waals surface area (Å²) in [4.78, 5) is 16.7. The Morgan fingerprint density at radius 2 is 2.29 bits per heavy atom. The Balaban J connectivity index is 1.99. The van der Waals surface area contributed by atoms with Gasteiger partial charge in [-0.05, 0) is 42.0 Å². The molecule has 1 aliphatic rings. The molecule has 1 aromatic carbocycles. The number of likely N-dealkylation sites (tertiary alicyclic amines) is 1. The molecular formula is C14H16N2O. The Kier molecular flexibility index (Phi) is 2.39. The van der Waals surface area contributed by atoms with Gasteiger partial charge in [-0.15, -0.1) is 0 Å². The summed E-state index contributed by atoms with van der Waals surface area (Å²) in [6.07, 6.45) is 4.14. The van der Waals surface area contributed by atoms with Crippen LogP contribution in [0, 0.1) is 0 Å². The van der Waals surface area contributed by atoms with Gasteiger partial charge < -0.3 is 9.88 Å². The molecular weight excluding hydrogens is 212 g/mol. The second-order valence-electron chi connectivity index (χ2n) is 4.69. The molecule has 3 nitrogen and oxygen atoms in total. The molecule has 1 saturated heterocycles. The van der Waals surface area contributed by atoms with Gasteiger partial charge in [-0.2, -0.15) is 0 Å². The number of hydrogen-bond donors (Lipinski definition) is 1. The smallest absolute Gasteiger partial charge is 0.219 e. The van der Waals surface area contributed by atoms with Gasteiger partial charge in [0.2, 0.25) is 5.91 Å². The Hall–Kier alpha value is -1.77. The van der Waals surface area contributed by atoms with Gasteiger partial charge in [0, 0.05) is 25.2 Å². The fraction of sp³-hybridized carbons (Fsp3) is 0.357. The van der Waals surface area contributed by atoms with E-state index in [2.05, 4.69) is 29.2 Å². The Morgan fingerprint density at radius 1 is 1.41 bits per heavy atom. The van der Waals surface area contributed by atoms with Gasteiger partial charge in [-0.25, -0.2) is 0 Å². The van der Waals surface area contributed by atoms with E-state index in [0.717, 1.165) is 24.9 Å². The third-order valence-electron chi connectivity index (χ3n) is 3.62. The molecule has 1 aliphatic heterocycles. The molecule has 0 radical (unpaired) electrons. The lowest BCUT2D eigenvalue weighted by molar-refractivity contribution is -0.129. The van der Waals surface area contributed by atoms with Crippen LogP contribution in [0.4, 0.5) is 0 Å². The van der Waals surface area contributed by atoms with Gasteiger partial charge in [0.1, 0.15) is 0 Å². The van der Waals surface area contributed by atoms with E-state index < -0.39 is 0 Å². The first-order valence-corrected chi connectivity index (χ1v) is 6.10. The Labute approximate surface area is 100 Å². The summed E-state index contributed by atoms with van der Waals surface area (Å²) < 4.78 is 0. The lowest BCUT2D eigenvalue weighted by atomic mass is 10.0. The number of carbonyl (C=O) groups is 1. The minimum Gasteiger partial charge on any atom is -0.361 e. The molecule has 0 bridgehead atoms. The van der Waals surface area contributed by atoms with Crippen LogP contribution in [-0.4, -0.2) is 22.3 Å². The highest BCUT2D eigenvalue weighted by Crippen LogP contribution is 2.33. The highest BCUT2D eigenvalue weighted by molar-refractivity contribution is 5.80. The second kappa shape index (κ2) is 3.91. The second-order valence-corrected chi connectivity index (χ2v) is 4.69. The van der Waals surface area contributed by atoms with E-state index >= 15 is 0 Å². The van der Waals surface area contributed by atoms with Crippen LogP contribution in [0.1, 0.15) is 31.4 Å². The number of fused-ring (bicyclic) bond motifs is 1. The molecule has 1 atom stereocenters. The van der Waals surface area contributed by atoms with Crippen LogP contribution in [0.25, 0.3) is 10.9 Å². The lowest BCUT2D eigenvalue weighted by Gasteiger charge is -2.23. The number of aromatic nitrogens is 1. The third-order valence-corrected chi connectivity index (χ3v) is 3.62. The number of benzene rings is 1. The van der Waals surface area contributed by atoms with Gasteiger partial charge >= 0.3 is 0 Å². The summed E-state index contributed by atoms with van der Waals surface area (Å²) in [6.45, 7) is 2.55. The largest absolute Gasteiger partial charge is 0.361 e. The summed E-state index contributed by atoms with van der Waals surface area (Å²) in [7, 11) is 0. The number of hydrogen-bond acceptors (Lipinski definition) is 1. The van der Waals surface area contributed by atoms with Crippen molar-refractivity contribution < 1.29 is 4.79 Å². The molecule has 3 heteroatoms. The Morgan fingerprint density at radius 3 is 3.12 bits per heavy atom. The molecule has 1 N–H and O–H groups in total. The number of nitrogens with one attached hydrogen (secondary N) is 1. The molecule has 1 amide bonds. The first kappa shape index (κ1) is 10.4. The van der Waals surface area contributed by atoms with Crippen molar-refractivity contribution in [3.63, 3.8) is 0 Å². The van der Waals surface area contributed by atoms with Crippen molar-refractivity contribution in [2.75, 3.05) is 6.54 Å². The molecule has 17 heavy (non-hydrogen) atoms. The first-order valence-electron chi connectivity index (χ1n) is 6.10. The molecule has 1 aromatic heterocycles. The van der Waals surface area contributed by atoms with Crippen LogP contribution in [0.3, 0.4) is 0 Å². The summed E-state index contributed by atoms with van der Waals surface area (Å²) in [5.74, 6) is 0.182. The van der Waals surface area contributed by atoms with E-state index in [0.29, 0.717) is 0 Å². The molecule has 88 valence electrons. The topological polar surface area (TPSA) is 36.1 Å². The quantitative estimate of drug-likeness (QED) is 0.800. The standard InChI is InChI=1S/C14H16N2O/c1-10(17)16-8-2-3-14(16)12-4-5-13-11(9-12)6-7-15-13/h4-7,9,14-15H,2-3,8H2,1H3. The van der Waals surface area contributed by atoms with Crippen LogP contribution in [0.5, 0.6) is 0 Å². The molecule has 2 aromatic rings. The summed E-state index contributed by atoms with van der Waals surface area (Å²) >= 11 is 0. The van der Waals surface area contributed by atoms with Crippen LogP contribution >= 0.6 is 0 Å². The zero-order valence-corrected chi connectivity index (χ0v) is 9.94. The van der Waals surface area contributed by atoms with Crippen molar-refractivity contribution in [2.24, 2.45) is 0 Å². The predicted molar refractivity (Wildman–Crippen MR) is 67.7 cm³/mol. The number of nitrogens with zero attached hydrogens (tertiary/aromatic N) is 1. The molecule has 0 saturated carbocycles. The first-order chi connectivity index (χ1) is 8.25. The zero-order chi connectivity index (χ0) is 11.8. The Bertz CT molecular complexity index is 558. The molecule has 0 spiro atoms. The summed E-state index contributed by atoms with van der Waals surface area (Å²) in [5, 5.41) is 1.22. The van der Waals surface area contributed by atoms with Crippen LogP contribution < -0.4 is 0 Å². The summed E-state index contributed by atoms with van der Waals surface area (Å²) in [5.41, 5.74) is 2.41. The van der Waals surface area contributed by atoms with Crippen LogP contribution in [0.2, 0.25) is 0 Å². The van der Waals surface area contributed by atoms with Crippen molar-refractivity contribution in [1.29, 1.82) is 0 Å². The maximum absolute atomic E-state index is 11.6. The van der Waals surface area contributed by atoms with Crippen molar-refractivity contribution in [3.8, 4) is 0 Å². The fourth-order valence-corrected chi connectivity index (χ4v) is 2.77. The maximum atomic E-state index is 11.6. The average molecular weight is 228 g/mol. The number of amides is 1. The number of H-pyrrole nitrogens is 1. The van der Waals surface area contributed by atoms with Gasteiger partial charge in [-0.1, -0.05) is 6.07 Å². The van der Waals surface area contributed by atoms with E-state index in [9.17, 15) is 4.79 Å². The normalized spacial score (nSPS) is 20.1. The predicted octanol–water partition coefficient (Wildman–Crippen LogP) is 2.85. The zero-order valence-electron chi connectivity index (χ0n) is 9.94. The van der Waals surface area contributed by atoms with Gasteiger partial charge in [0.05, 0.1) is 6.04 Å². The SMILES string of the molecule is CC(=O)N1CCCC1c1ccc2[nH]ccc2c1. The minimum atomic E-state index is 0.182. The van der Waals surface area contributed by atoms with E-state index in [-0.39, 0.29) is 11.9 Å². The molecule has 0 aliphatic carbocycles. The molecule has 1 fully saturated rings. The maximum Gasteiger partial charge on any atom is 0.219 e. The van der Waals surface area contributed by atoms with Crippen molar-refractivity contribution in [1.82, 2.24) is 9.88 Å².